The number of benzene rings is 2. The number of rotatable bonds is 2. The van der Waals surface area contributed by atoms with Crippen molar-refractivity contribution in [1.82, 2.24) is 4.98 Å². The number of aromatic nitrogens is 1. The second-order valence-corrected chi connectivity index (χ2v) is 4.45. The maximum absolute atomic E-state index is 5.93. The Labute approximate surface area is 111 Å². The number of hydrogen-bond donors (Lipinski definition) is 1. The molecule has 3 heteroatoms. The molecule has 0 fully saturated rings. The lowest BCUT2D eigenvalue weighted by Gasteiger charge is -2.10. The maximum Gasteiger partial charge on any atom is 0.138 e. The summed E-state index contributed by atoms with van der Waals surface area (Å²) in [6.07, 6.45) is 0. The summed E-state index contributed by atoms with van der Waals surface area (Å²) in [6, 6.07) is 17.3. The van der Waals surface area contributed by atoms with Crippen molar-refractivity contribution in [2.75, 3.05) is 5.73 Å². The highest BCUT2D eigenvalue weighted by atomic mass is 16.5. The first-order valence-electron chi connectivity index (χ1n) is 6.12. The number of nitrogens with two attached hydrogens (primary N) is 1. The Kier molecular flexibility index (Phi) is 2.80. The second-order valence-electron chi connectivity index (χ2n) is 4.45. The van der Waals surface area contributed by atoms with E-state index in [2.05, 4.69) is 4.98 Å². The highest BCUT2D eigenvalue weighted by molar-refractivity contribution is 5.85. The quantitative estimate of drug-likeness (QED) is 0.701. The van der Waals surface area contributed by atoms with Crippen LogP contribution in [0, 0.1) is 6.92 Å². The number of pyridine rings is 1. The molecule has 0 atom stereocenters. The summed E-state index contributed by atoms with van der Waals surface area (Å²) in [5.74, 6) is 1.58. The molecule has 2 aromatic carbocycles. The number of nitrogen functional groups attached to an aromatic ring is 1. The minimum Gasteiger partial charge on any atom is -0.457 e. The molecule has 19 heavy (non-hydrogen) atoms. The van der Waals surface area contributed by atoms with Gasteiger partial charge >= 0.3 is 0 Å². The van der Waals surface area contributed by atoms with E-state index >= 15 is 0 Å². The Bertz CT molecular complexity index is 720. The Hall–Kier alpha value is -2.55. The largest absolute Gasteiger partial charge is 0.457 e. The molecule has 0 aliphatic carbocycles. The Morgan fingerprint density at radius 2 is 1.74 bits per heavy atom. The van der Waals surface area contributed by atoms with Crippen LogP contribution in [0.5, 0.6) is 11.5 Å². The van der Waals surface area contributed by atoms with Crippen LogP contribution in [-0.2, 0) is 0 Å². The molecule has 94 valence electrons. The van der Waals surface area contributed by atoms with Crippen LogP contribution >= 0.6 is 0 Å². The molecule has 0 radical (unpaired) electrons. The van der Waals surface area contributed by atoms with E-state index in [0.29, 0.717) is 0 Å². The molecule has 0 aliphatic heterocycles. The molecular weight excluding hydrogens is 236 g/mol. The molecule has 2 N–H and O–H groups in total. The molecule has 0 amide bonds. The van der Waals surface area contributed by atoms with Crippen molar-refractivity contribution < 1.29 is 4.74 Å². The van der Waals surface area contributed by atoms with E-state index in [1.165, 1.54) is 0 Å². The molecule has 0 spiro atoms. The van der Waals surface area contributed by atoms with Crippen LogP contribution < -0.4 is 10.5 Å². The van der Waals surface area contributed by atoms with E-state index in [9.17, 15) is 0 Å². The van der Waals surface area contributed by atoms with E-state index in [1.807, 2.05) is 61.5 Å². The lowest BCUT2D eigenvalue weighted by atomic mass is 10.2. The SMILES string of the molecule is Cc1cc(Oc2ccc(N)cc2)c2ccccc2n1. The third kappa shape index (κ3) is 2.36. The van der Waals surface area contributed by atoms with Gasteiger partial charge in [-0.3, -0.25) is 4.98 Å². The summed E-state index contributed by atoms with van der Waals surface area (Å²) in [5.41, 5.74) is 8.27. The van der Waals surface area contributed by atoms with Crippen LogP contribution in [0.25, 0.3) is 10.9 Å². The van der Waals surface area contributed by atoms with Crippen molar-refractivity contribution in [1.29, 1.82) is 0 Å². The molecular formula is C16H14N2O. The molecule has 3 nitrogen and oxygen atoms in total. The number of hydrogen-bond acceptors (Lipinski definition) is 3. The number of aryl methyl sites for hydroxylation is 1. The minimum atomic E-state index is 0.725. The van der Waals surface area contributed by atoms with Gasteiger partial charge in [0, 0.05) is 22.8 Å². The monoisotopic (exact) mass is 250 g/mol. The van der Waals surface area contributed by atoms with Gasteiger partial charge in [0.2, 0.25) is 0 Å². The van der Waals surface area contributed by atoms with Crippen LogP contribution in [-0.4, -0.2) is 4.98 Å². The molecule has 0 saturated carbocycles. The van der Waals surface area contributed by atoms with Gasteiger partial charge in [0.05, 0.1) is 5.52 Å². The van der Waals surface area contributed by atoms with E-state index in [4.69, 9.17) is 10.5 Å². The fourth-order valence-corrected chi connectivity index (χ4v) is 2.02. The van der Waals surface area contributed by atoms with Gasteiger partial charge in [-0.1, -0.05) is 12.1 Å². The highest BCUT2D eigenvalue weighted by Crippen LogP contribution is 2.30. The van der Waals surface area contributed by atoms with E-state index in [1.54, 1.807) is 0 Å². The van der Waals surface area contributed by atoms with Gasteiger partial charge < -0.3 is 10.5 Å². The van der Waals surface area contributed by atoms with Gasteiger partial charge in [0.25, 0.3) is 0 Å². The summed E-state index contributed by atoms with van der Waals surface area (Å²) in [7, 11) is 0. The van der Waals surface area contributed by atoms with Gasteiger partial charge in [-0.15, -0.1) is 0 Å². The average molecular weight is 250 g/mol. The molecule has 1 aromatic heterocycles. The molecule has 0 aliphatic rings. The Morgan fingerprint density at radius 3 is 2.53 bits per heavy atom. The van der Waals surface area contributed by atoms with Crippen LogP contribution in [0.4, 0.5) is 5.69 Å². The lowest BCUT2D eigenvalue weighted by Crippen LogP contribution is -1.91. The number of anilines is 1. The first kappa shape index (κ1) is 11.5. The van der Waals surface area contributed by atoms with Gasteiger partial charge in [0.1, 0.15) is 11.5 Å². The molecule has 0 saturated heterocycles. The van der Waals surface area contributed by atoms with Crippen molar-refractivity contribution in [2.45, 2.75) is 6.92 Å². The first-order chi connectivity index (χ1) is 9.22. The summed E-state index contributed by atoms with van der Waals surface area (Å²) in [5, 5.41) is 1.00. The van der Waals surface area contributed by atoms with E-state index in [0.717, 1.165) is 33.8 Å². The van der Waals surface area contributed by atoms with Crippen LogP contribution in [0.3, 0.4) is 0 Å². The molecule has 3 rings (SSSR count). The summed E-state index contributed by atoms with van der Waals surface area (Å²) in [6.45, 7) is 1.96. The minimum absolute atomic E-state index is 0.725. The van der Waals surface area contributed by atoms with Crippen molar-refractivity contribution in [3.8, 4) is 11.5 Å². The molecule has 1 heterocycles. The Balaban J connectivity index is 2.07. The predicted octanol–water partition coefficient (Wildman–Crippen LogP) is 3.92. The zero-order chi connectivity index (χ0) is 13.2. The third-order valence-electron chi connectivity index (χ3n) is 2.91. The summed E-state index contributed by atoms with van der Waals surface area (Å²) >= 11 is 0. The third-order valence-corrected chi connectivity index (χ3v) is 2.91. The lowest BCUT2D eigenvalue weighted by molar-refractivity contribution is 0.487. The summed E-state index contributed by atoms with van der Waals surface area (Å²) in [4.78, 5) is 4.49. The van der Waals surface area contributed by atoms with Crippen molar-refractivity contribution in [2.24, 2.45) is 0 Å². The zero-order valence-electron chi connectivity index (χ0n) is 10.6. The predicted molar refractivity (Wildman–Crippen MR) is 77.4 cm³/mol. The van der Waals surface area contributed by atoms with E-state index in [-0.39, 0.29) is 0 Å². The number of ether oxygens (including phenoxy) is 1. The zero-order valence-corrected chi connectivity index (χ0v) is 10.6. The van der Waals surface area contributed by atoms with Crippen LogP contribution in [0.2, 0.25) is 0 Å². The molecule has 3 aromatic rings. The second kappa shape index (κ2) is 4.61. The highest BCUT2D eigenvalue weighted by Gasteiger charge is 2.05. The average Bonchev–Trinajstić information content (AvgIpc) is 2.41. The number of nitrogens with zero attached hydrogens (tertiary/aromatic N) is 1. The van der Waals surface area contributed by atoms with Gasteiger partial charge in [-0.25, -0.2) is 0 Å². The smallest absolute Gasteiger partial charge is 0.138 e. The Morgan fingerprint density at radius 1 is 1.00 bits per heavy atom. The first-order valence-corrected chi connectivity index (χ1v) is 6.12. The van der Waals surface area contributed by atoms with Crippen molar-refractivity contribution in [3.05, 3.63) is 60.3 Å². The molecule has 0 bridgehead atoms. The van der Waals surface area contributed by atoms with E-state index < -0.39 is 0 Å². The summed E-state index contributed by atoms with van der Waals surface area (Å²) < 4.78 is 5.93. The van der Waals surface area contributed by atoms with Gasteiger partial charge in [-0.05, 0) is 43.3 Å². The van der Waals surface area contributed by atoms with Crippen molar-refractivity contribution in [3.63, 3.8) is 0 Å². The number of fused-ring (bicyclic) bond motifs is 1. The molecule has 0 unspecified atom stereocenters. The maximum atomic E-state index is 5.93. The van der Waals surface area contributed by atoms with Gasteiger partial charge in [0.15, 0.2) is 0 Å². The fourth-order valence-electron chi connectivity index (χ4n) is 2.02. The number of para-hydroxylation sites is 1. The van der Waals surface area contributed by atoms with Crippen LogP contribution in [0.1, 0.15) is 5.69 Å². The van der Waals surface area contributed by atoms with Gasteiger partial charge in [-0.2, -0.15) is 0 Å². The fraction of sp³-hybridized carbons (Fsp3) is 0.0625. The van der Waals surface area contributed by atoms with Crippen LogP contribution in [0.15, 0.2) is 54.6 Å². The topological polar surface area (TPSA) is 48.1 Å². The standard InChI is InChI=1S/C16H14N2O/c1-11-10-16(14-4-2-3-5-15(14)18-11)19-13-8-6-12(17)7-9-13/h2-10H,17H2,1H3. The van der Waals surface area contributed by atoms with Crippen molar-refractivity contribution >= 4 is 16.6 Å². The normalized spacial score (nSPS) is 10.6.